The van der Waals surface area contributed by atoms with Crippen molar-refractivity contribution in [1.29, 1.82) is 0 Å². The maximum Gasteiger partial charge on any atom is 0.303 e. The van der Waals surface area contributed by atoms with Crippen LogP contribution >= 0.6 is 0 Å². The van der Waals surface area contributed by atoms with Gasteiger partial charge in [0.15, 0.2) is 0 Å². The van der Waals surface area contributed by atoms with Crippen LogP contribution in [-0.4, -0.2) is 74.9 Å². The summed E-state index contributed by atoms with van der Waals surface area (Å²) in [6, 6.07) is 0. The monoisotopic (exact) mass is 1150 g/mol. The predicted octanol–water partition coefficient (Wildman–Crippen LogP) is 18.9. The van der Waals surface area contributed by atoms with Crippen molar-refractivity contribution in [2.45, 2.75) is 350 Å². The van der Waals surface area contributed by atoms with Crippen molar-refractivity contribution in [1.82, 2.24) is 0 Å². The van der Waals surface area contributed by atoms with E-state index >= 15 is 0 Å². The third-order valence-electron chi connectivity index (χ3n) is 12.0. The van der Waals surface area contributed by atoms with Gasteiger partial charge in [-0.3, -0.25) is 28.8 Å². The Hall–Kier alpha value is -2.37. The third kappa shape index (κ3) is 123. The Kier molecular flexibility index (Phi) is 101. The van der Waals surface area contributed by atoms with Gasteiger partial charge in [-0.1, -0.05) is 273 Å². The van der Waals surface area contributed by atoms with Crippen LogP contribution in [0.15, 0.2) is 0 Å². The standard InChI is InChI=1S/6C10H20O2.Ag.B/c6*1-2-3-4-5-6-7-8-9-10(11)12;;/h6*2-9H2,1H3,(H,11,12);;. The zero-order valence-electron chi connectivity index (χ0n) is 49.0. The second-order valence-electron chi connectivity index (χ2n) is 19.6. The maximum absolute atomic E-state index is 10.1. The summed E-state index contributed by atoms with van der Waals surface area (Å²) in [5, 5.41) is 50.1. The van der Waals surface area contributed by atoms with Crippen LogP contribution in [0.2, 0.25) is 0 Å². The largest absolute Gasteiger partial charge is 0.481 e. The summed E-state index contributed by atoms with van der Waals surface area (Å²) in [6.45, 7) is 13.2. The van der Waals surface area contributed by atoms with Gasteiger partial charge in [-0.2, -0.15) is 0 Å². The van der Waals surface area contributed by atoms with Gasteiger partial charge in [0.25, 0.3) is 0 Å². The predicted molar refractivity (Wildman–Crippen MR) is 307 cm³/mol. The molecule has 0 aromatic heterocycles. The van der Waals surface area contributed by atoms with E-state index in [1.54, 1.807) is 0 Å². The molecule has 0 saturated heterocycles. The Morgan fingerprint density at radius 1 is 0.189 bits per heavy atom. The van der Waals surface area contributed by atoms with Crippen LogP contribution < -0.4 is 0 Å². The van der Waals surface area contributed by atoms with Gasteiger partial charge >= 0.3 is 35.8 Å². The van der Waals surface area contributed by atoms with Crippen molar-refractivity contribution in [2.75, 3.05) is 0 Å². The van der Waals surface area contributed by atoms with Gasteiger partial charge in [0, 0.05) is 69.3 Å². The smallest absolute Gasteiger partial charge is 0.303 e. The van der Waals surface area contributed by atoms with Crippen molar-refractivity contribution in [2.24, 2.45) is 0 Å². The van der Waals surface area contributed by atoms with Crippen molar-refractivity contribution in [3.05, 3.63) is 0 Å². The van der Waals surface area contributed by atoms with Crippen LogP contribution in [0.3, 0.4) is 0 Å². The van der Waals surface area contributed by atoms with Crippen molar-refractivity contribution in [3.63, 3.8) is 0 Å². The molecule has 0 aromatic carbocycles. The van der Waals surface area contributed by atoms with Crippen molar-refractivity contribution in [3.8, 4) is 0 Å². The molecule has 0 aliphatic carbocycles. The van der Waals surface area contributed by atoms with Crippen molar-refractivity contribution >= 4 is 44.2 Å². The molecule has 0 rings (SSSR count). The number of hydrogen-bond donors (Lipinski definition) is 6. The van der Waals surface area contributed by atoms with Gasteiger partial charge in [-0.15, -0.1) is 0 Å². The van der Waals surface area contributed by atoms with E-state index in [2.05, 4.69) is 41.5 Å². The number of aliphatic carboxylic acids is 6. The van der Waals surface area contributed by atoms with E-state index in [9.17, 15) is 28.8 Å². The number of hydrogen-bond acceptors (Lipinski definition) is 6. The van der Waals surface area contributed by atoms with Crippen LogP contribution in [0.4, 0.5) is 0 Å². The van der Waals surface area contributed by atoms with Crippen LogP contribution in [0, 0.1) is 0 Å². The molecule has 0 bridgehead atoms. The number of carboxylic acids is 6. The summed E-state index contributed by atoms with van der Waals surface area (Å²) >= 11 is 0. The van der Waals surface area contributed by atoms with E-state index in [1.807, 2.05) is 0 Å². The van der Waals surface area contributed by atoms with Gasteiger partial charge in [0.2, 0.25) is 0 Å². The Morgan fingerprint density at radius 2 is 0.270 bits per heavy atom. The van der Waals surface area contributed by atoms with Gasteiger partial charge in [-0.25, -0.2) is 0 Å². The number of rotatable bonds is 48. The summed E-state index contributed by atoms with van der Waals surface area (Å²) in [7, 11) is 0. The summed E-state index contributed by atoms with van der Waals surface area (Å²) in [5.41, 5.74) is 0. The molecule has 74 heavy (non-hydrogen) atoms. The molecule has 12 nitrogen and oxygen atoms in total. The van der Waals surface area contributed by atoms with Gasteiger partial charge < -0.3 is 30.6 Å². The fourth-order valence-electron chi connectivity index (χ4n) is 7.40. The molecule has 0 heterocycles. The minimum Gasteiger partial charge on any atom is -0.481 e. The van der Waals surface area contributed by atoms with Gasteiger partial charge in [-0.05, 0) is 38.5 Å². The van der Waals surface area contributed by atoms with E-state index in [0.29, 0.717) is 38.5 Å². The Labute approximate surface area is 473 Å². The average Bonchev–Trinajstić information content (AvgIpc) is 3.33. The topological polar surface area (TPSA) is 224 Å². The normalized spacial score (nSPS) is 9.81. The quantitative estimate of drug-likeness (QED) is 0.0247. The zero-order chi connectivity index (χ0) is 55.4. The number of carboxylic acid groups (broad SMARTS) is 6. The zero-order valence-corrected chi connectivity index (χ0v) is 50.4. The molecule has 0 spiro atoms. The summed E-state index contributed by atoms with van der Waals surface area (Å²) in [5.74, 6) is -3.98. The Balaban J connectivity index is -0.000000117. The summed E-state index contributed by atoms with van der Waals surface area (Å²) in [6.07, 6.45) is 51.9. The molecule has 14 heteroatoms. The second-order valence-corrected chi connectivity index (χ2v) is 19.6. The Morgan fingerprint density at radius 3 is 0.351 bits per heavy atom. The minimum atomic E-state index is -0.663. The summed E-state index contributed by atoms with van der Waals surface area (Å²) < 4.78 is 0. The van der Waals surface area contributed by atoms with E-state index < -0.39 is 35.8 Å². The SMILES string of the molecule is CCCCCCCCCC(=O)O.CCCCCCCCCC(=O)O.CCCCCCCCCC(=O)O.CCCCCCCCCC(=O)O.CCCCCCCCCC(=O)O.CCCCCCCCCC(=O)O.[Ag].[B]. The maximum atomic E-state index is 10.1. The molecule has 0 aliphatic rings. The number of carbonyl (C=O) groups is 6. The van der Waals surface area contributed by atoms with Crippen molar-refractivity contribution < 1.29 is 81.8 Å². The van der Waals surface area contributed by atoms with E-state index in [4.69, 9.17) is 30.6 Å². The van der Waals surface area contributed by atoms with Crippen LogP contribution in [0.5, 0.6) is 0 Å². The first-order valence-electron chi connectivity index (χ1n) is 29.9. The van der Waals surface area contributed by atoms with Crippen LogP contribution in [0.1, 0.15) is 350 Å². The molecule has 4 radical (unpaired) electrons. The summed E-state index contributed by atoms with van der Waals surface area (Å²) in [4.78, 5) is 60.8. The van der Waals surface area contributed by atoms with E-state index in [1.165, 1.54) is 193 Å². The van der Waals surface area contributed by atoms with E-state index in [0.717, 1.165) is 77.0 Å². The minimum absolute atomic E-state index is 0. The molecule has 6 N–H and O–H groups in total. The molecule has 446 valence electrons. The first-order chi connectivity index (χ1) is 34.6. The molecule has 0 atom stereocenters. The first-order valence-corrected chi connectivity index (χ1v) is 29.9. The van der Waals surface area contributed by atoms with Crippen LogP contribution in [0.25, 0.3) is 0 Å². The molecule has 0 aromatic rings. The Bertz CT molecular complexity index is 895. The molecular weight excluding hydrogens is 1030 g/mol. The fraction of sp³-hybridized carbons (Fsp3) is 0.900. The number of unbranched alkanes of at least 4 members (excludes halogenated alkanes) is 36. The molecule has 0 amide bonds. The third-order valence-corrected chi connectivity index (χ3v) is 12.0. The molecule has 0 aliphatic heterocycles. The molecular formula is C60H120AgBO12. The van der Waals surface area contributed by atoms with Gasteiger partial charge in [0.05, 0.1) is 0 Å². The molecule has 0 fully saturated rings. The second kappa shape index (κ2) is 84.6. The first kappa shape index (κ1) is 88.3. The average molecular weight is 1150 g/mol. The molecule has 0 unspecified atom stereocenters. The molecule has 0 saturated carbocycles. The van der Waals surface area contributed by atoms with E-state index in [-0.39, 0.29) is 30.8 Å². The fourth-order valence-corrected chi connectivity index (χ4v) is 7.40. The van der Waals surface area contributed by atoms with Crippen LogP contribution in [-0.2, 0) is 51.1 Å². The van der Waals surface area contributed by atoms with Gasteiger partial charge in [0.1, 0.15) is 0 Å².